The lowest BCUT2D eigenvalue weighted by Gasteiger charge is -2.08. The molecule has 2 N–H and O–H groups in total. The van der Waals surface area contributed by atoms with E-state index in [1.165, 1.54) is 0 Å². The molecular formula is C11H15NO2. The van der Waals surface area contributed by atoms with Crippen molar-refractivity contribution in [3.8, 4) is 5.75 Å². The lowest BCUT2D eigenvalue weighted by atomic mass is 10.3. The summed E-state index contributed by atoms with van der Waals surface area (Å²) in [6.07, 6.45) is 3.56. The minimum atomic E-state index is 0.0770. The Balaban J connectivity index is 2.53. The molecule has 0 aliphatic heterocycles. The number of hydrogen-bond donors (Lipinski definition) is 2. The summed E-state index contributed by atoms with van der Waals surface area (Å²) in [4.78, 5) is 0. The Morgan fingerprint density at radius 1 is 1.36 bits per heavy atom. The molecule has 14 heavy (non-hydrogen) atoms. The van der Waals surface area contributed by atoms with Crippen LogP contribution in [0.3, 0.4) is 0 Å². The smallest absolute Gasteiger partial charge is 0.141 e. The van der Waals surface area contributed by atoms with Crippen LogP contribution < -0.4 is 10.1 Å². The number of aliphatic hydroxyl groups is 1. The highest BCUT2D eigenvalue weighted by Gasteiger charge is 1.97. The zero-order valence-electron chi connectivity index (χ0n) is 8.23. The van der Waals surface area contributed by atoms with Gasteiger partial charge in [0.05, 0.1) is 19.4 Å². The van der Waals surface area contributed by atoms with Crippen molar-refractivity contribution in [3.63, 3.8) is 0 Å². The van der Waals surface area contributed by atoms with Gasteiger partial charge in [-0.2, -0.15) is 0 Å². The molecule has 0 unspecified atom stereocenters. The Morgan fingerprint density at radius 2 is 2.14 bits per heavy atom. The highest BCUT2D eigenvalue weighted by atomic mass is 16.5. The quantitative estimate of drug-likeness (QED) is 0.699. The topological polar surface area (TPSA) is 41.5 Å². The molecule has 0 spiro atoms. The Kier molecular flexibility index (Phi) is 4.58. The number of ether oxygens (including phenoxy) is 1. The van der Waals surface area contributed by atoms with Crippen LogP contribution in [0.2, 0.25) is 0 Å². The maximum Gasteiger partial charge on any atom is 0.141 e. The van der Waals surface area contributed by atoms with Gasteiger partial charge in [-0.1, -0.05) is 24.3 Å². The summed E-state index contributed by atoms with van der Waals surface area (Å²) < 4.78 is 5.17. The zero-order valence-corrected chi connectivity index (χ0v) is 8.23. The molecule has 0 aliphatic rings. The molecule has 0 amide bonds. The third-order valence-electron chi connectivity index (χ3n) is 1.79. The van der Waals surface area contributed by atoms with Crippen LogP contribution in [-0.2, 0) is 0 Å². The van der Waals surface area contributed by atoms with Crippen LogP contribution in [-0.4, -0.2) is 25.4 Å². The fourth-order valence-electron chi connectivity index (χ4n) is 1.12. The van der Waals surface area contributed by atoms with Crippen LogP contribution in [0.5, 0.6) is 5.75 Å². The average Bonchev–Trinajstić information content (AvgIpc) is 2.25. The molecule has 1 aromatic carbocycles. The van der Waals surface area contributed by atoms with Crippen LogP contribution in [0.25, 0.3) is 0 Å². The van der Waals surface area contributed by atoms with Crippen LogP contribution in [0, 0.1) is 0 Å². The first kappa shape index (κ1) is 10.6. The number of methoxy groups -OCH3 is 1. The summed E-state index contributed by atoms with van der Waals surface area (Å²) in [5.74, 6) is 0.824. The lowest BCUT2D eigenvalue weighted by molar-refractivity contribution is 0.342. The van der Waals surface area contributed by atoms with Crippen LogP contribution in [0.4, 0.5) is 5.69 Å². The number of anilines is 1. The molecule has 3 heteroatoms. The van der Waals surface area contributed by atoms with Gasteiger partial charge in [0, 0.05) is 6.54 Å². The molecule has 0 aliphatic carbocycles. The van der Waals surface area contributed by atoms with E-state index < -0.39 is 0 Å². The van der Waals surface area contributed by atoms with Crippen molar-refractivity contribution in [1.29, 1.82) is 0 Å². The molecule has 3 nitrogen and oxygen atoms in total. The highest BCUT2D eigenvalue weighted by Crippen LogP contribution is 2.22. The number of aliphatic hydroxyl groups excluding tert-OH is 1. The van der Waals surface area contributed by atoms with Gasteiger partial charge in [0.1, 0.15) is 5.75 Å². The van der Waals surface area contributed by atoms with E-state index in [-0.39, 0.29) is 6.61 Å². The van der Waals surface area contributed by atoms with E-state index in [4.69, 9.17) is 9.84 Å². The highest BCUT2D eigenvalue weighted by molar-refractivity contribution is 5.56. The largest absolute Gasteiger partial charge is 0.495 e. The predicted octanol–water partition coefficient (Wildman–Crippen LogP) is 1.66. The Hall–Kier alpha value is -1.48. The summed E-state index contributed by atoms with van der Waals surface area (Å²) in [6, 6.07) is 7.72. The molecule has 0 atom stereocenters. The van der Waals surface area contributed by atoms with E-state index in [0.29, 0.717) is 6.54 Å². The molecule has 1 aromatic rings. The van der Waals surface area contributed by atoms with Crippen molar-refractivity contribution in [2.24, 2.45) is 0 Å². The van der Waals surface area contributed by atoms with E-state index in [1.54, 1.807) is 13.2 Å². The van der Waals surface area contributed by atoms with Gasteiger partial charge < -0.3 is 15.2 Å². The second-order valence-corrected chi connectivity index (χ2v) is 2.74. The van der Waals surface area contributed by atoms with Crippen molar-refractivity contribution in [3.05, 3.63) is 36.4 Å². The van der Waals surface area contributed by atoms with Gasteiger partial charge >= 0.3 is 0 Å². The molecule has 76 valence electrons. The molecule has 0 radical (unpaired) electrons. The molecule has 0 heterocycles. The first-order chi connectivity index (χ1) is 6.88. The van der Waals surface area contributed by atoms with Crippen LogP contribution in [0.15, 0.2) is 36.4 Å². The normalized spacial score (nSPS) is 10.4. The third kappa shape index (κ3) is 3.11. The van der Waals surface area contributed by atoms with Gasteiger partial charge in [0.25, 0.3) is 0 Å². The third-order valence-corrected chi connectivity index (χ3v) is 1.79. The fraction of sp³-hybridized carbons (Fsp3) is 0.273. The molecule has 0 saturated heterocycles. The van der Waals surface area contributed by atoms with E-state index in [2.05, 4.69) is 5.32 Å². The maximum atomic E-state index is 8.52. The van der Waals surface area contributed by atoms with E-state index in [0.717, 1.165) is 11.4 Å². The van der Waals surface area contributed by atoms with Crippen LogP contribution in [0.1, 0.15) is 0 Å². The first-order valence-corrected chi connectivity index (χ1v) is 4.51. The van der Waals surface area contributed by atoms with Crippen molar-refractivity contribution in [2.45, 2.75) is 0 Å². The van der Waals surface area contributed by atoms with Crippen molar-refractivity contribution in [2.75, 3.05) is 25.6 Å². The van der Waals surface area contributed by atoms with E-state index in [1.807, 2.05) is 30.3 Å². The van der Waals surface area contributed by atoms with Crippen LogP contribution >= 0.6 is 0 Å². The Bertz CT molecular complexity index is 297. The monoisotopic (exact) mass is 193 g/mol. The molecule has 0 saturated carbocycles. The molecule has 0 fully saturated rings. The molecule has 0 bridgehead atoms. The predicted molar refractivity (Wildman–Crippen MR) is 57.7 cm³/mol. The second-order valence-electron chi connectivity index (χ2n) is 2.74. The second kappa shape index (κ2) is 6.05. The number of rotatable bonds is 5. The average molecular weight is 193 g/mol. The minimum absolute atomic E-state index is 0.0770. The number of para-hydroxylation sites is 2. The SMILES string of the molecule is COc1ccccc1NC/C=C/CO. The lowest BCUT2D eigenvalue weighted by Crippen LogP contribution is -2.00. The summed E-state index contributed by atoms with van der Waals surface area (Å²) in [5, 5.41) is 11.7. The van der Waals surface area contributed by atoms with Crippen molar-refractivity contribution >= 4 is 5.69 Å². The summed E-state index contributed by atoms with van der Waals surface area (Å²) in [7, 11) is 1.64. The summed E-state index contributed by atoms with van der Waals surface area (Å²) in [6.45, 7) is 0.758. The molecule has 0 aromatic heterocycles. The summed E-state index contributed by atoms with van der Waals surface area (Å²) >= 11 is 0. The van der Waals surface area contributed by atoms with Crippen molar-refractivity contribution < 1.29 is 9.84 Å². The Labute approximate surface area is 84.0 Å². The first-order valence-electron chi connectivity index (χ1n) is 4.51. The number of nitrogens with one attached hydrogen (secondary N) is 1. The van der Waals surface area contributed by atoms with Gasteiger partial charge in [-0.25, -0.2) is 0 Å². The van der Waals surface area contributed by atoms with E-state index >= 15 is 0 Å². The fourth-order valence-corrected chi connectivity index (χ4v) is 1.12. The number of hydrogen-bond acceptors (Lipinski definition) is 3. The van der Waals surface area contributed by atoms with Gasteiger partial charge in [-0.15, -0.1) is 0 Å². The van der Waals surface area contributed by atoms with Gasteiger partial charge in [0.2, 0.25) is 0 Å². The standard InChI is InChI=1S/C11H15NO2/c1-14-11-7-3-2-6-10(11)12-8-4-5-9-13/h2-7,12-13H,8-9H2,1H3/b5-4+. The van der Waals surface area contributed by atoms with E-state index in [9.17, 15) is 0 Å². The molecule has 1 rings (SSSR count). The van der Waals surface area contributed by atoms with Gasteiger partial charge in [-0.3, -0.25) is 0 Å². The maximum absolute atomic E-state index is 8.52. The Morgan fingerprint density at radius 3 is 2.86 bits per heavy atom. The molecular weight excluding hydrogens is 178 g/mol. The minimum Gasteiger partial charge on any atom is -0.495 e. The summed E-state index contributed by atoms with van der Waals surface area (Å²) in [5.41, 5.74) is 0.956. The van der Waals surface area contributed by atoms with Gasteiger partial charge in [0.15, 0.2) is 0 Å². The van der Waals surface area contributed by atoms with Crippen molar-refractivity contribution in [1.82, 2.24) is 0 Å². The van der Waals surface area contributed by atoms with Gasteiger partial charge in [-0.05, 0) is 12.1 Å². The zero-order chi connectivity index (χ0) is 10.2. The number of benzene rings is 1.